The van der Waals surface area contributed by atoms with E-state index in [4.69, 9.17) is 16.3 Å². The quantitative estimate of drug-likeness (QED) is 0.572. The van der Waals surface area contributed by atoms with Crippen molar-refractivity contribution < 1.29 is 4.74 Å². The zero-order valence-electron chi connectivity index (χ0n) is 10.6. The molecule has 0 aliphatic carbocycles. The third-order valence-electron chi connectivity index (χ3n) is 2.52. The molecule has 1 aromatic rings. The van der Waals surface area contributed by atoms with Gasteiger partial charge < -0.3 is 4.74 Å². The van der Waals surface area contributed by atoms with Crippen LogP contribution in [0.2, 0.25) is 5.15 Å². The SMILES string of the molecule is CCCC(OC)c1nc(Cl)c(I)c(C(C)C)n1. The smallest absolute Gasteiger partial charge is 0.159 e. The first-order chi connectivity index (χ1) is 8.01. The van der Waals surface area contributed by atoms with Crippen molar-refractivity contribution in [1.82, 2.24) is 9.97 Å². The highest BCUT2D eigenvalue weighted by Crippen LogP contribution is 2.28. The second kappa shape index (κ2) is 6.85. The molecule has 0 spiro atoms. The number of methoxy groups -OCH3 is 1. The van der Waals surface area contributed by atoms with Gasteiger partial charge in [-0.2, -0.15) is 0 Å². The Balaban J connectivity index is 3.17. The highest BCUT2D eigenvalue weighted by atomic mass is 127. The molecule has 1 rings (SSSR count). The largest absolute Gasteiger partial charge is 0.373 e. The lowest BCUT2D eigenvalue weighted by atomic mass is 10.1. The monoisotopic (exact) mass is 368 g/mol. The Labute approximate surface area is 121 Å². The van der Waals surface area contributed by atoms with E-state index in [0.29, 0.717) is 16.9 Å². The third-order valence-corrected chi connectivity index (χ3v) is 4.18. The molecule has 1 unspecified atom stereocenters. The molecule has 1 heterocycles. The van der Waals surface area contributed by atoms with Crippen LogP contribution < -0.4 is 0 Å². The zero-order chi connectivity index (χ0) is 13.0. The number of ether oxygens (including phenoxy) is 1. The molecule has 1 aromatic heterocycles. The second-order valence-electron chi connectivity index (χ2n) is 4.24. The summed E-state index contributed by atoms with van der Waals surface area (Å²) in [7, 11) is 1.69. The van der Waals surface area contributed by atoms with Crippen molar-refractivity contribution in [1.29, 1.82) is 0 Å². The van der Waals surface area contributed by atoms with E-state index in [1.54, 1.807) is 7.11 Å². The molecule has 0 aliphatic heterocycles. The van der Waals surface area contributed by atoms with Crippen LogP contribution in [0, 0.1) is 3.57 Å². The molecule has 0 amide bonds. The first-order valence-corrected chi connectivity index (χ1v) is 7.22. The van der Waals surface area contributed by atoms with E-state index in [0.717, 1.165) is 22.1 Å². The molecule has 17 heavy (non-hydrogen) atoms. The topological polar surface area (TPSA) is 35.0 Å². The predicted octanol–water partition coefficient (Wildman–Crippen LogP) is 4.35. The highest BCUT2D eigenvalue weighted by Gasteiger charge is 2.19. The second-order valence-corrected chi connectivity index (χ2v) is 5.68. The molecule has 0 saturated carbocycles. The summed E-state index contributed by atoms with van der Waals surface area (Å²) in [6.07, 6.45) is 1.87. The molecule has 3 nitrogen and oxygen atoms in total. The van der Waals surface area contributed by atoms with E-state index >= 15 is 0 Å². The number of halogens is 2. The summed E-state index contributed by atoms with van der Waals surface area (Å²) in [4.78, 5) is 8.92. The average molecular weight is 369 g/mol. The summed E-state index contributed by atoms with van der Waals surface area (Å²) in [5.74, 6) is 1.03. The van der Waals surface area contributed by atoms with Gasteiger partial charge >= 0.3 is 0 Å². The van der Waals surface area contributed by atoms with Crippen LogP contribution in [0.3, 0.4) is 0 Å². The lowest BCUT2D eigenvalue weighted by Crippen LogP contribution is -2.11. The van der Waals surface area contributed by atoms with Crippen LogP contribution in [0.1, 0.15) is 57.2 Å². The van der Waals surface area contributed by atoms with Gasteiger partial charge in [0.2, 0.25) is 0 Å². The molecular formula is C12H18ClIN2O. The molecule has 1 atom stereocenters. The number of hydrogen-bond donors (Lipinski definition) is 0. The summed E-state index contributed by atoms with van der Waals surface area (Å²) in [6.45, 7) is 6.32. The lowest BCUT2D eigenvalue weighted by Gasteiger charge is -2.16. The molecule has 96 valence electrons. The van der Waals surface area contributed by atoms with E-state index < -0.39 is 0 Å². The van der Waals surface area contributed by atoms with E-state index in [-0.39, 0.29) is 6.10 Å². The molecule has 0 aromatic carbocycles. The molecule has 0 N–H and O–H groups in total. The molecule has 0 bridgehead atoms. The number of hydrogen-bond acceptors (Lipinski definition) is 3. The maximum Gasteiger partial charge on any atom is 0.159 e. The lowest BCUT2D eigenvalue weighted by molar-refractivity contribution is 0.0873. The average Bonchev–Trinajstić information content (AvgIpc) is 2.29. The van der Waals surface area contributed by atoms with E-state index in [2.05, 4.69) is 53.3 Å². The van der Waals surface area contributed by atoms with Crippen LogP contribution in [0.4, 0.5) is 0 Å². The van der Waals surface area contributed by atoms with Gasteiger partial charge in [0.15, 0.2) is 5.82 Å². The summed E-state index contributed by atoms with van der Waals surface area (Å²) in [5.41, 5.74) is 0.999. The first-order valence-electron chi connectivity index (χ1n) is 5.76. The highest BCUT2D eigenvalue weighted by molar-refractivity contribution is 14.1. The van der Waals surface area contributed by atoms with Gasteiger partial charge in [-0.25, -0.2) is 9.97 Å². The zero-order valence-corrected chi connectivity index (χ0v) is 13.5. The van der Waals surface area contributed by atoms with E-state index in [1.165, 1.54) is 0 Å². The predicted molar refractivity (Wildman–Crippen MR) is 78.5 cm³/mol. The van der Waals surface area contributed by atoms with E-state index in [9.17, 15) is 0 Å². The van der Waals surface area contributed by atoms with Gasteiger partial charge in [-0.05, 0) is 34.9 Å². The Kier molecular flexibility index (Phi) is 6.09. The molecule has 0 saturated heterocycles. The van der Waals surface area contributed by atoms with Crippen molar-refractivity contribution in [2.75, 3.05) is 7.11 Å². The summed E-state index contributed by atoms with van der Waals surface area (Å²) in [5, 5.41) is 0.525. The fourth-order valence-electron chi connectivity index (χ4n) is 1.59. The van der Waals surface area contributed by atoms with Gasteiger partial charge in [-0.3, -0.25) is 0 Å². The minimum absolute atomic E-state index is 0.0630. The van der Waals surface area contributed by atoms with Gasteiger partial charge in [0.1, 0.15) is 11.3 Å². The Hall–Kier alpha value is 0.0600. The van der Waals surface area contributed by atoms with Gasteiger partial charge in [0.05, 0.1) is 9.26 Å². The maximum atomic E-state index is 6.15. The Morgan fingerprint density at radius 3 is 2.47 bits per heavy atom. The minimum atomic E-state index is -0.0630. The number of rotatable bonds is 5. The summed E-state index contributed by atoms with van der Waals surface area (Å²) in [6, 6.07) is 0. The van der Waals surface area contributed by atoms with Crippen molar-refractivity contribution in [3.8, 4) is 0 Å². The summed E-state index contributed by atoms with van der Waals surface area (Å²) < 4.78 is 6.36. The van der Waals surface area contributed by atoms with Crippen LogP contribution in [-0.4, -0.2) is 17.1 Å². The number of nitrogens with zero attached hydrogens (tertiary/aromatic N) is 2. The van der Waals surface area contributed by atoms with E-state index in [1.807, 2.05) is 0 Å². The molecule has 0 radical (unpaired) electrons. The Morgan fingerprint density at radius 2 is 2.00 bits per heavy atom. The summed E-state index contributed by atoms with van der Waals surface area (Å²) >= 11 is 8.35. The van der Waals surface area contributed by atoms with Crippen molar-refractivity contribution in [2.45, 2.75) is 45.6 Å². The fourth-order valence-corrected chi connectivity index (χ4v) is 2.64. The number of aromatic nitrogens is 2. The Morgan fingerprint density at radius 1 is 1.35 bits per heavy atom. The van der Waals surface area contributed by atoms with Gasteiger partial charge in [-0.1, -0.05) is 38.8 Å². The van der Waals surface area contributed by atoms with Crippen LogP contribution in [0.15, 0.2) is 0 Å². The third kappa shape index (κ3) is 3.76. The van der Waals surface area contributed by atoms with Gasteiger partial charge in [0.25, 0.3) is 0 Å². The standard InChI is InChI=1S/C12H18ClIN2O/c1-5-6-8(17-4)12-15-10(7(2)3)9(14)11(13)16-12/h7-8H,5-6H2,1-4H3. The molecule has 0 fully saturated rings. The van der Waals surface area contributed by atoms with Crippen molar-refractivity contribution in [3.05, 3.63) is 20.2 Å². The fraction of sp³-hybridized carbons (Fsp3) is 0.667. The van der Waals surface area contributed by atoms with Crippen LogP contribution >= 0.6 is 34.2 Å². The van der Waals surface area contributed by atoms with Crippen LogP contribution in [0.25, 0.3) is 0 Å². The van der Waals surface area contributed by atoms with Gasteiger partial charge in [-0.15, -0.1) is 0 Å². The van der Waals surface area contributed by atoms with Crippen LogP contribution in [-0.2, 0) is 4.74 Å². The first kappa shape index (κ1) is 15.1. The van der Waals surface area contributed by atoms with Gasteiger partial charge in [0, 0.05) is 7.11 Å². The van der Waals surface area contributed by atoms with Crippen molar-refractivity contribution >= 4 is 34.2 Å². The van der Waals surface area contributed by atoms with Crippen molar-refractivity contribution in [3.63, 3.8) is 0 Å². The molecule has 0 aliphatic rings. The molecular weight excluding hydrogens is 351 g/mol. The Bertz CT molecular complexity index is 385. The normalized spacial score (nSPS) is 13.1. The van der Waals surface area contributed by atoms with Crippen molar-refractivity contribution in [2.24, 2.45) is 0 Å². The molecule has 5 heteroatoms. The van der Waals surface area contributed by atoms with Crippen LogP contribution in [0.5, 0.6) is 0 Å². The minimum Gasteiger partial charge on any atom is -0.373 e. The maximum absolute atomic E-state index is 6.15.